The van der Waals surface area contributed by atoms with E-state index in [-0.39, 0.29) is 0 Å². The van der Waals surface area contributed by atoms with Crippen molar-refractivity contribution in [1.82, 2.24) is 5.32 Å². The van der Waals surface area contributed by atoms with Crippen LogP contribution in [0.15, 0.2) is 91.0 Å². The molecule has 0 saturated carbocycles. The molecule has 0 spiro atoms. The Morgan fingerprint density at radius 2 is 1.11 bits per heavy atom. The van der Waals surface area contributed by atoms with Gasteiger partial charge in [-0.2, -0.15) is 0 Å². The molecule has 0 aliphatic heterocycles. The number of nitrogens with one attached hydrogen (secondary N) is 1. The molecule has 0 fully saturated rings. The number of halogens is 2. The summed E-state index contributed by atoms with van der Waals surface area (Å²) in [7, 11) is 0. The fraction of sp³-hybridized carbons (Fsp3) is 0.0476. The number of carbonyl (C=O) groups is 2. The maximum absolute atomic E-state index is 13.1. The first-order chi connectivity index (χ1) is 13.4. The average Bonchev–Trinajstić information content (AvgIpc) is 2.74. The standard InChI is InChI=1S/C21H19BrIN2O2P/c22-28(16-10-4-1-5-11-16,17-12-6-2-7-13-17,18-14-8-3-9-15-18)19(23)20(26)25-21(24)27/h1-15,19H,(H3,24,25,26,27). The summed E-state index contributed by atoms with van der Waals surface area (Å²) >= 11 is 6.32. The van der Waals surface area contributed by atoms with E-state index >= 15 is 0 Å². The zero-order chi connectivity index (χ0) is 20.2. The molecule has 3 aromatic rings. The summed E-state index contributed by atoms with van der Waals surface area (Å²) in [6, 6.07) is 28.9. The predicted molar refractivity (Wildman–Crippen MR) is 130 cm³/mol. The van der Waals surface area contributed by atoms with Gasteiger partial charge in [0.05, 0.1) is 0 Å². The molecule has 0 aromatic heterocycles. The van der Waals surface area contributed by atoms with E-state index in [2.05, 4.69) is 43.4 Å². The number of hydrogen-bond donors (Lipinski definition) is 2. The van der Waals surface area contributed by atoms with Crippen molar-refractivity contribution < 1.29 is 9.59 Å². The van der Waals surface area contributed by atoms with Crippen molar-refractivity contribution in [2.24, 2.45) is 5.73 Å². The second kappa shape index (κ2) is 8.31. The molecule has 0 aliphatic carbocycles. The molecular weight excluding hydrogens is 550 g/mol. The fourth-order valence-electron chi connectivity index (χ4n) is 3.40. The summed E-state index contributed by atoms with van der Waals surface area (Å²) in [5.41, 5.74) is 5.26. The molecule has 3 N–H and O–H groups in total. The second-order valence-corrected chi connectivity index (χ2v) is 17.1. The van der Waals surface area contributed by atoms with Crippen molar-refractivity contribution in [1.29, 1.82) is 0 Å². The number of imide groups is 1. The van der Waals surface area contributed by atoms with Gasteiger partial charge in [0.1, 0.15) is 0 Å². The van der Waals surface area contributed by atoms with Gasteiger partial charge < -0.3 is 0 Å². The van der Waals surface area contributed by atoms with Crippen LogP contribution in [0.1, 0.15) is 0 Å². The third-order valence-corrected chi connectivity index (χ3v) is 20.8. The van der Waals surface area contributed by atoms with E-state index in [1.165, 1.54) is 0 Å². The first-order valence-corrected chi connectivity index (χ1v) is 14.1. The van der Waals surface area contributed by atoms with Crippen LogP contribution in [0.4, 0.5) is 4.79 Å². The van der Waals surface area contributed by atoms with Gasteiger partial charge in [-0.05, 0) is 0 Å². The zero-order valence-electron chi connectivity index (χ0n) is 14.8. The molecule has 1 unspecified atom stereocenters. The maximum atomic E-state index is 13.1. The normalized spacial score (nSPS) is 13.7. The van der Waals surface area contributed by atoms with Crippen LogP contribution in [-0.4, -0.2) is 15.6 Å². The Kier molecular flexibility index (Phi) is 6.22. The van der Waals surface area contributed by atoms with E-state index in [0.717, 1.165) is 15.9 Å². The Morgan fingerprint density at radius 3 is 1.39 bits per heavy atom. The van der Waals surface area contributed by atoms with Crippen LogP contribution in [0.2, 0.25) is 0 Å². The molecule has 0 radical (unpaired) electrons. The van der Waals surface area contributed by atoms with Crippen LogP contribution in [0, 0.1) is 0 Å². The molecule has 0 saturated heterocycles. The summed E-state index contributed by atoms with van der Waals surface area (Å²) in [5, 5.41) is 1.75. The molecular formula is C21H19BrIN2O2P. The quantitative estimate of drug-likeness (QED) is 0.279. The molecule has 28 heavy (non-hydrogen) atoms. The minimum absolute atomic E-state index is 0.431. The zero-order valence-corrected chi connectivity index (χ0v) is 19.5. The third kappa shape index (κ3) is 3.38. The van der Waals surface area contributed by atoms with Crippen molar-refractivity contribution in [2.75, 3.05) is 0 Å². The summed E-state index contributed by atoms with van der Waals surface area (Å²) in [6.07, 6.45) is 0. The molecule has 3 aromatic carbocycles. The molecule has 1 atom stereocenters. The van der Waals surface area contributed by atoms with Gasteiger partial charge in [0.2, 0.25) is 0 Å². The Hall–Kier alpha value is -1.76. The summed E-state index contributed by atoms with van der Waals surface area (Å²) in [4.78, 5) is 24.5. The minimum atomic E-state index is -3.50. The van der Waals surface area contributed by atoms with E-state index in [4.69, 9.17) is 5.73 Å². The molecule has 0 heterocycles. The Morgan fingerprint density at radius 1 is 0.786 bits per heavy atom. The number of hydrogen-bond acceptors (Lipinski definition) is 2. The van der Waals surface area contributed by atoms with E-state index in [0.29, 0.717) is 0 Å². The molecule has 144 valence electrons. The summed E-state index contributed by atoms with van der Waals surface area (Å²) in [6.45, 7) is 0. The van der Waals surface area contributed by atoms with Gasteiger partial charge in [-0.25, -0.2) is 0 Å². The monoisotopic (exact) mass is 568 g/mol. The predicted octanol–water partition coefficient (Wildman–Crippen LogP) is 3.78. The van der Waals surface area contributed by atoms with Crippen LogP contribution in [0.3, 0.4) is 0 Å². The number of primary amides is 1. The topological polar surface area (TPSA) is 72.2 Å². The molecule has 3 amide bonds. The average molecular weight is 569 g/mol. The van der Waals surface area contributed by atoms with E-state index in [1.807, 2.05) is 91.0 Å². The molecule has 0 bridgehead atoms. The number of carbonyl (C=O) groups excluding carboxylic acids is 2. The first-order valence-electron chi connectivity index (χ1n) is 8.53. The van der Waals surface area contributed by atoms with Crippen LogP contribution >= 0.6 is 43.4 Å². The van der Waals surface area contributed by atoms with Crippen molar-refractivity contribution in [3.63, 3.8) is 0 Å². The van der Waals surface area contributed by atoms with Crippen molar-refractivity contribution in [3.05, 3.63) is 91.0 Å². The van der Waals surface area contributed by atoms with Gasteiger partial charge in [-0.1, -0.05) is 0 Å². The number of benzene rings is 3. The first kappa shape index (κ1) is 21.0. The van der Waals surface area contributed by atoms with Crippen molar-refractivity contribution >= 4 is 71.2 Å². The fourth-order valence-corrected chi connectivity index (χ4v) is 13.6. The van der Waals surface area contributed by atoms with Crippen LogP contribution in [-0.2, 0) is 4.79 Å². The number of alkyl halides is 1. The molecule has 0 aliphatic rings. The van der Waals surface area contributed by atoms with Gasteiger partial charge in [-0.15, -0.1) is 0 Å². The Bertz CT molecular complexity index is 888. The van der Waals surface area contributed by atoms with Crippen LogP contribution in [0.25, 0.3) is 0 Å². The number of nitrogens with two attached hydrogens (primary N) is 1. The number of rotatable bonds is 5. The van der Waals surface area contributed by atoms with E-state index in [9.17, 15) is 9.59 Å². The third-order valence-electron chi connectivity index (χ3n) is 4.67. The van der Waals surface area contributed by atoms with Crippen LogP contribution in [0.5, 0.6) is 0 Å². The van der Waals surface area contributed by atoms with Gasteiger partial charge >= 0.3 is 187 Å². The van der Waals surface area contributed by atoms with Crippen molar-refractivity contribution in [3.8, 4) is 0 Å². The summed E-state index contributed by atoms with van der Waals surface area (Å²) < 4.78 is -0.622. The van der Waals surface area contributed by atoms with E-state index < -0.39 is 20.9 Å². The summed E-state index contributed by atoms with van der Waals surface area (Å²) in [5.74, 6) is -0.431. The number of urea groups is 1. The molecule has 4 nitrogen and oxygen atoms in total. The van der Waals surface area contributed by atoms with Crippen molar-refractivity contribution in [2.45, 2.75) is 3.67 Å². The van der Waals surface area contributed by atoms with Gasteiger partial charge in [0.25, 0.3) is 0 Å². The van der Waals surface area contributed by atoms with Crippen LogP contribution < -0.4 is 27.0 Å². The Labute approximate surface area is 185 Å². The van der Waals surface area contributed by atoms with Gasteiger partial charge in [0, 0.05) is 0 Å². The SMILES string of the molecule is NC(=O)NC(=O)C(I)P(Br)(c1ccccc1)(c1ccccc1)c1ccccc1. The molecule has 7 heteroatoms. The Balaban J connectivity index is 2.44. The van der Waals surface area contributed by atoms with Gasteiger partial charge in [0.15, 0.2) is 0 Å². The van der Waals surface area contributed by atoms with E-state index in [1.54, 1.807) is 0 Å². The second-order valence-electron chi connectivity index (χ2n) is 6.27. The number of amides is 3. The molecule has 3 rings (SSSR count). The van der Waals surface area contributed by atoms with Gasteiger partial charge in [-0.3, -0.25) is 0 Å².